The molecule has 90 valence electrons. The first-order valence-corrected chi connectivity index (χ1v) is 6.39. The molecule has 0 radical (unpaired) electrons. The van der Waals surface area contributed by atoms with Crippen LogP contribution >= 0.6 is 0 Å². The minimum absolute atomic E-state index is 0.0213. The van der Waals surface area contributed by atoms with Crippen molar-refractivity contribution in [1.82, 2.24) is 5.32 Å². The van der Waals surface area contributed by atoms with Crippen molar-refractivity contribution in [1.29, 1.82) is 0 Å². The van der Waals surface area contributed by atoms with E-state index in [9.17, 15) is 5.11 Å². The summed E-state index contributed by atoms with van der Waals surface area (Å²) in [5, 5.41) is 12.8. The van der Waals surface area contributed by atoms with Gasteiger partial charge in [-0.2, -0.15) is 0 Å². The van der Waals surface area contributed by atoms with Crippen LogP contribution in [-0.4, -0.2) is 38.0 Å². The summed E-state index contributed by atoms with van der Waals surface area (Å²) in [4.78, 5) is 0. The van der Waals surface area contributed by atoms with E-state index in [1.807, 2.05) is 0 Å². The highest BCUT2D eigenvalue weighted by Gasteiger charge is 2.39. The maximum absolute atomic E-state index is 9.30. The first kappa shape index (κ1) is 10.8. The van der Waals surface area contributed by atoms with E-state index in [4.69, 9.17) is 4.74 Å². The van der Waals surface area contributed by atoms with Crippen LogP contribution in [0.15, 0.2) is 12.2 Å². The number of rotatable bonds is 5. The number of ether oxygens (including phenoxy) is 1. The second kappa shape index (κ2) is 4.13. The summed E-state index contributed by atoms with van der Waals surface area (Å²) in [7, 11) is 0. The van der Waals surface area contributed by atoms with Gasteiger partial charge in [-0.25, -0.2) is 0 Å². The Kier molecular flexibility index (Phi) is 2.78. The molecule has 3 aliphatic rings. The van der Waals surface area contributed by atoms with Gasteiger partial charge in [-0.3, -0.25) is 0 Å². The van der Waals surface area contributed by atoms with E-state index in [1.165, 1.54) is 12.8 Å². The molecule has 0 amide bonds. The molecule has 0 aromatic rings. The highest BCUT2D eigenvalue weighted by atomic mass is 16.5. The number of hydrogen-bond donors (Lipinski definition) is 2. The Morgan fingerprint density at radius 3 is 2.69 bits per heavy atom. The van der Waals surface area contributed by atoms with Gasteiger partial charge < -0.3 is 15.2 Å². The average molecular weight is 223 g/mol. The zero-order valence-corrected chi connectivity index (χ0v) is 9.69. The van der Waals surface area contributed by atoms with Crippen molar-refractivity contribution in [3.05, 3.63) is 12.2 Å². The van der Waals surface area contributed by atoms with Crippen LogP contribution in [0, 0.1) is 23.2 Å². The van der Waals surface area contributed by atoms with Crippen molar-refractivity contribution in [2.24, 2.45) is 23.2 Å². The maximum Gasteiger partial charge on any atom is 0.0579 e. The lowest BCUT2D eigenvalue weighted by Crippen LogP contribution is -2.52. The predicted octanol–water partition coefficient (Wildman–Crippen LogP) is 0.797. The van der Waals surface area contributed by atoms with Crippen LogP contribution in [0.3, 0.4) is 0 Å². The fourth-order valence-electron chi connectivity index (χ4n) is 3.29. The second-order valence-corrected chi connectivity index (χ2v) is 5.82. The lowest BCUT2D eigenvalue weighted by molar-refractivity contribution is -0.134. The molecule has 0 aromatic heterocycles. The van der Waals surface area contributed by atoms with Gasteiger partial charge in [0, 0.05) is 6.54 Å². The van der Waals surface area contributed by atoms with Crippen LogP contribution in [-0.2, 0) is 4.74 Å². The van der Waals surface area contributed by atoms with Gasteiger partial charge >= 0.3 is 0 Å². The maximum atomic E-state index is 9.30. The molecular formula is C13H21NO2. The number of aliphatic hydroxyl groups excluding tert-OH is 1. The molecule has 1 aliphatic heterocycles. The Balaban J connectivity index is 1.42. The number of fused-ring (bicyclic) bond motifs is 2. The van der Waals surface area contributed by atoms with Crippen molar-refractivity contribution in [3.8, 4) is 0 Å². The molecule has 2 bridgehead atoms. The van der Waals surface area contributed by atoms with Crippen LogP contribution in [0.1, 0.15) is 12.8 Å². The lowest BCUT2D eigenvalue weighted by atomic mass is 9.86. The Hall–Kier alpha value is -0.380. The molecule has 2 N–H and O–H groups in total. The monoisotopic (exact) mass is 223 g/mol. The molecule has 1 saturated heterocycles. The van der Waals surface area contributed by atoms with E-state index in [-0.39, 0.29) is 12.0 Å². The van der Waals surface area contributed by atoms with Crippen molar-refractivity contribution in [2.75, 3.05) is 32.9 Å². The predicted molar refractivity (Wildman–Crippen MR) is 62.1 cm³/mol. The summed E-state index contributed by atoms with van der Waals surface area (Å²) in [5.41, 5.74) is 0.0213. The van der Waals surface area contributed by atoms with Gasteiger partial charge in [0.2, 0.25) is 0 Å². The van der Waals surface area contributed by atoms with Crippen LogP contribution < -0.4 is 5.32 Å². The molecule has 0 aromatic carbocycles. The summed E-state index contributed by atoms with van der Waals surface area (Å²) in [6, 6.07) is 0. The third-order valence-corrected chi connectivity index (χ3v) is 4.47. The molecule has 2 aliphatic carbocycles. The largest absolute Gasteiger partial charge is 0.396 e. The molecule has 0 spiro atoms. The number of aliphatic hydroxyl groups is 1. The standard InChI is InChI=1S/C13H21NO2/c15-7-13(8-16-9-13)6-14-5-12-4-10-1-2-11(12)3-10/h1-2,10-12,14-15H,3-9H2. The van der Waals surface area contributed by atoms with Crippen molar-refractivity contribution < 1.29 is 9.84 Å². The molecule has 1 heterocycles. The minimum atomic E-state index is 0.0213. The van der Waals surface area contributed by atoms with E-state index in [2.05, 4.69) is 17.5 Å². The van der Waals surface area contributed by atoms with E-state index in [0.717, 1.165) is 30.8 Å². The van der Waals surface area contributed by atoms with Gasteiger partial charge in [0.15, 0.2) is 0 Å². The fourth-order valence-corrected chi connectivity index (χ4v) is 3.29. The lowest BCUT2D eigenvalue weighted by Gasteiger charge is -2.40. The van der Waals surface area contributed by atoms with E-state index < -0.39 is 0 Å². The highest BCUT2D eigenvalue weighted by molar-refractivity contribution is 5.10. The zero-order chi connectivity index (χ0) is 11.0. The summed E-state index contributed by atoms with van der Waals surface area (Å²) < 4.78 is 5.19. The van der Waals surface area contributed by atoms with E-state index >= 15 is 0 Å². The molecular weight excluding hydrogens is 202 g/mol. The Morgan fingerprint density at radius 1 is 1.31 bits per heavy atom. The number of hydrogen-bond acceptors (Lipinski definition) is 3. The normalized spacial score (nSPS) is 38.9. The average Bonchev–Trinajstić information content (AvgIpc) is 2.83. The quantitative estimate of drug-likeness (QED) is 0.677. The molecule has 3 nitrogen and oxygen atoms in total. The molecule has 3 heteroatoms. The van der Waals surface area contributed by atoms with Crippen LogP contribution in [0.25, 0.3) is 0 Å². The molecule has 16 heavy (non-hydrogen) atoms. The molecule has 3 unspecified atom stereocenters. The molecule has 3 rings (SSSR count). The Bertz CT molecular complexity index is 280. The minimum Gasteiger partial charge on any atom is -0.396 e. The first-order chi connectivity index (χ1) is 7.81. The number of nitrogens with one attached hydrogen (secondary N) is 1. The van der Waals surface area contributed by atoms with Gasteiger partial charge in [0.25, 0.3) is 0 Å². The van der Waals surface area contributed by atoms with Gasteiger partial charge in [0.05, 0.1) is 25.2 Å². The van der Waals surface area contributed by atoms with Gasteiger partial charge in [-0.05, 0) is 37.1 Å². The Labute approximate surface area is 96.9 Å². The van der Waals surface area contributed by atoms with Crippen LogP contribution in [0.5, 0.6) is 0 Å². The Morgan fingerprint density at radius 2 is 2.19 bits per heavy atom. The van der Waals surface area contributed by atoms with E-state index in [1.54, 1.807) is 0 Å². The summed E-state index contributed by atoms with van der Waals surface area (Å²) in [6.07, 6.45) is 7.52. The third-order valence-electron chi connectivity index (χ3n) is 4.47. The molecule has 2 fully saturated rings. The molecule has 3 atom stereocenters. The summed E-state index contributed by atoms with van der Waals surface area (Å²) >= 11 is 0. The van der Waals surface area contributed by atoms with E-state index in [0.29, 0.717) is 13.2 Å². The highest BCUT2D eigenvalue weighted by Crippen LogP contribution is 2.43. The summed E-state index contributed by atoms with van der Waals surface area (Å²) in [6.45, 7) is 3.69. The van der Waals surface area contributed by atoms with Gasteiger partial charge in [-0.15, -0.1) is 0 Å². The van der Waals surface area contributed by atoms with Crippen LogP contribution in [0.4, 0.5) is 0 Å². The van der Waals surface area contributed by atoms with Crippen LogP contribution in [0.2, 0.25) is 0 Å². The van der Waals surface area contributed by atoms with Crippen molar-refractivity contribution in [2.45, 2.75) is 12.8 Å². The SMILES string of the molecule is OCC1(CNCC2CC3C=CC2C3)COC1. The molecule has 1 saturated carbocycles. The van der Waals surface area contributed by atoms with Gasteiger partial charge in [0.1, 0.15) is 0 Å². The summed E-state index contributed by atoms with van der Waals surface area (Å²) in [5.74, 6) is 2.50. The van der Waals surface area contributed by atoms with Crippen molar-refractivity contribution >= 4 is 0 Å². The second-order valence-electron chi connectivity index (χ2n) is 5.82. The fraction of sp³-hybridized carbons (Fsp3) is 0.846. The van der Waals surface area contributed by atoms with Gasteiger partial charge in [-0.1, -0.05) is 12.2 Å². The number of allylic oxidation sites excluding steroid dienone is 2. The first-order valence-electron chi connectivity index (χ1n) is 6.39. The van der Waals surface area contributed by atoms with Crippen molar-refractivity contribution in [3.63, 3.8) is 0 Å². The zero-order valence-electron chi connectivity index (χ0n) is 9.69. The topological polar surface area (TPSA) is 41.5 Å². The smallest absolute Gasteiger partial charge is 0.0579 e. The third kappa shape index (κ3) is 1.81.